The second kappa shape index (κ2) is 8.60. The van der Waals surface area contributed by atoms with Crippen molar-refractivity contribution in [1.29, 1.82) is 0 Å². The normalized spacial score (nSPS) is 11.3. The number of esters is 2. The van der Waals surface area contributed by atoms with Crippen molar-refractivity contribution in [2.24, 2.45) is 4.99 Å². The maximum Gasteiger partial charge on any atom is 0.337 e. The van der Waals surface area contributed by atoms with Gasteiger partial charge in [0.25, 0.3) is 5.56 Å². The topological polar surface area (TPSA) is 103 Å². The van der Waals surface area contributed by atoms with E-state index >= 15 is 0 Å². The van der Waals surface area contributed by atoms with Crippen molar-refractivity contribution >= 4 is 23.3 Å². The number of aromatic amines is 1. The molecule has 1 heterocycles. The van der Waals surface area contributed by atoms with Gasteiger partial charge in [0.1, 0.15) is 0 Å². The quantitative estimate of drug-likeness (QED) is 0.517. The summed E-state index contributed by atoms with van der Waals surface area (Å²) in [4.78, 5) is 41.4. The van der Waals surface area contributed by atoms with Crippen molar-refractivity contribution in [1.82, 2.24) is 9.78 Å². The Bertz CT molecular complexity index is 1150. The van der Waals surface area contributed by atoms with Crippen LogP contribution in [0.4, 0.5) is 5.69 Å². The number of aromatic nitrogens is 2. The zero-order chi connectivity index (χ0) is 21.8. The molecule has 0 amide bonds. The molecule has 3 aromatic rings. The van der Waals surface area contributed by atoms with E-state index in [1.54, 1.807) is 13.8 Å². The van der Waals surface area contributed by atoms with Crippen molar-refractivity contribution < 1.29 is 19.1 Å². The van der Waals surface area contributed by atoms with Gasteiger partial charge in [0, 0.05) is 5.69 Å². The van der Waals surface area contributed by atoms with Crippen LogP contribution < -0.4 is 5.56 Å². The number of carbonyl (C=O) groups excluding carboxylic acids is 2. The lowest BCUT2D eigenvalue weighted by Crippen LogP contribution is -2.19. The largest absolute Gasteiger partial charge is 0.465 e. The monoisotopic (exact) mass is 407 g/mol. The van der Waals surface area contributed by atoms with E-state index < -0.39 is 11.9 Å². The summed E-state index contributed by atoms with van der Waals surface area (Å²) in [6, 6.07) is 13.5. The summed E-state index contributed by atoms with van der Waals surface area (Å²) >= 11 is 0. The molecule has 3 rings (SSSR count). The fraction of sp³-hybridized carbons (Fsp3) is 0.182. The summed E-state index contributed by atoms with van der Waals surface area (Å²) in [5, 5.41) is 3.05. The molecule has 1 N–H and O–H groups in total. The van der Waals surface area contributed by atoms with E-state index in [9.17, 15) is 14.4 Å². The minimum Gasteiger partial charge on any atom is -0.465 e. The van der Waals surface area contributed by atoms with E-state index in [0.717, 1.165) is 0 Å². The van der Waals surface area contributed by atoms with Crippen LogP contribution in [0.2, 0.25) is 0 Å². The number of methoxy groups -OCH3 is 2. The van der Waals surface area contributed by atoms with Crippen molar-refractivity contribution in [2.45, 2.75) is 13.8 Å². The molecule has 0 unspecified atom stereocenters. The molecular formula is C22H21N3O5. The van der Waals surface area contributed by atoms with Crippen LogP contribution in [0.15, 0.2) is 58.3 Å². The van der Waals surface area contributed by atoms with Crippen LogP contribution in [-0.4, -0.2) is 41.7 Å². The maximum absolute atomic E-state index is 13.0. The predicted molar refractivity (Wildman–Crippen MR) is 112 cm³/mol. The molecule has 0 bridgehead atoms. The van der Waals surface area contributed by atoms with Crippen LogP contribution >= 0.6 is 0 Å². The van der Waals surface area contributed by atoms with Crippen LogP contribution in [0.1, 0.15) is 38.9 Å². The van der Waals surface area contributed by atoms with Gasteiger partial charge in [-0.2, -0.15) is 0 Å². The van der Waals surface area contributed by atoms with Crippen LogP contribution in [0.3, 0.4) is 0 Å². The third kappa shape index (κ3) is 4.07. The van der Waals surface area contributed by atoms with Gasteiger partial charge in [0.15, 0.2) is 0 Å². The van der Waals surface area contributed by atoms with Gasteiger partial charge < -0.3 is 9.47 Å². The highest BCUT2D eigenvalue weighted by Gasteiger charge is 2.17. The second-order valence-corrected chi connectivity index (χ2v) is 6.54. The molecule has 30 heavy (non-hydrogen) atoms. The number of H-pyrrole nitrogens is 1. The minimum absolute atomic E-state index is 0.152. The number of aliphatic imine (C=N–C) groups is 1. The molecular weight excluding hydrogens is 386 g/mol. The summed E-state index contributed by atoms with van der Waals surface area (Å²) in [7, 11) is 2.49. The number of nitrogens with zero attached hydrogens (tertiary/aromatic N) is 2. The molecule has 0 radical (unpaired) electrons. The summed E-state index contributed by atoms with van der Waals surface area (Å²) < 4.78 is 10.9. The highest BCUT2D eigenvalue weighted by Crippen LogP contribution is 2.21. The van der Waals surface area contributed by atoms with Crippen LogP contribution in [0, 0.1) is 6.92 Å². The Kier molecular flexibility index (Phi) is 5.96. The first-order chi connectivity index (χ1) is 14.3. The Balaban J connectivity index is 2.10. The number of carbonyl (C=O) groups is 2. The zero-order valence-electron chi connectivity index (χ0n) is 17.1. The van der Waals surface area contributed by atoms with Gasteiger partial charge in [-0.05, 0) is 44.2 Å². The van der Waals surface area contributed by atoms with Crippen molar-refractivity contribution in [3.63, 3.8) is 0 Å². The fourth-order valence-corrected chi connectivity index (χ4v) is 3.13. The Morgan fingerprint density at radius 2 is 1.53 bits per heavy atom. The molecule has 154 valence electrons. The van der Waals surface area contributed by atoms with Gasteiger partial charge in [0.05, 0.1) is 48.0 Å². The molecule has 0 aliphatic carbocycles. The first-order valence-corrected chi connectivity index (χ1v) is 9.10. The molecule has 0 aliphatic heterocycles. The third-order valence-electron chi connectivity index (χ3n) is 4.50. The highest BCUT2D eigenvalue weighted by molar-refractivity contribution is 6.02. The minimum atomic E-state index is -0.612. The molecule has 0 fully saturated rings. The third-order valence-corrected chi connectivity index (χ3v) is 4.50. The average molecular weight is 407 g/mol. The lowest BCUT2D eigenvalue weighted by molar-refractivity contribution is 0.0599. The lowest BCUT2D eigenvalue weighted by atomic mass is 10.1. The number of benzene rings is 2. The molecule has 2 aromatic carbocycles. The molecule has 8 nitrogen and oxygen atoms in total. The molecule has 0 aliphatic rings. The molecule has 1 aromatic heterocycles. The van der Waals surface area contributed by atoms with Crippen molar-refractivity contribution in [3.8, 4) is 5.69 Å². The average Bonchev–Trinajstić information content (AvgIpc) is 3.06. The van der Waals surface area contributed by atoms with Gasteiger partial charge in [0.2, 0.25) is 0 Å². The Labute approximate surface area is 172 Å². The number of rotatable bonds is 5. The summed E-state index contributed by atoms with van der Waals surface area (Å²) in [5.41, 5.74) is 2.55. The number of hydrogen-bond donors (Lipinski definition) is 1. The van der Waals surface area contributed by atoms with Gasteiger partial charge in [-0.25, -0.2) is 14.3 Å². The van der Waals surface area contributed by atoms with Crippen LogP contribution in [0.5, 0.6) is 0 Å². The van der Waals surface area contributed by atoms with Gasteiger partial charge in [-0.15, -0.1) is 0 Å². The van der Waals surface area contributed by atoms with Gasteiger partial charge in [-0.3, -0.25) is 14.9 Å². The number of ether oxygens (including phenoxy) is 2. The second-order valence-electron chi connectivity index (χ2n) is 6.54. The fourth-order valence-electron chi connectivity index (χ4n) is 3.13. The maximum atomic E-state index is 13.0. The summed E-state index contributed by atoms with van der Waals surface area (Å²) in [6.45, 7) is 3.47. The van der Waals surface area contributed by atoms with Crippen LogP contribution in [0.25, 0.3) is 5.69 Å². The van der Waals surface area contributed by atoms with E-state index in [1.807, 2.05) is 30.3 Å². The first-order valence-electron chi connectivity index (χ1n) is 9.10. The Hall–Kier alpha value is -3.94. The van der Waals surface area contributed by atoms with Gasteiger partial charge >= 0.3 is 11.9 Å². The number of para-hydroxylation sites is 1. The number of aryl methyl sites for hydroxylation is 1. The SMILES string of the molecule is COC(=O)c1cc(N=C(C)c2c(C)[nH]n(-c3ccccc3)c2=O)cc(C(=O)OC)c1. The molecule has 0 saturated heterocycles. The Morgan fingerprint density at radius 3 is 2.07 bits per heavy atom. The van der Waals surface area contributed by atoms with E-state index in [0.29, 0.717) is 28.3 Å². The van der Waals surface area contributed by atoms with E-state index in [1.165, 1.54) is 37.1 Å². The summed E-state index contributed by atoms with van der Waals surface area (Å²) in [6.07, 6.45) is 0. The zero-order valence-corrected chi connectivity index (χ0v) is 17.1. The molecule has 0 atom stereocenters. The smallest absolute Gasteiger partial charge is 0.337 e. The standard InChI is InChI=1S/C22H21N3O5/c1-13(19-14(2)24-25(20(19)26)18-8-6-5-7-9-18)23-17-11-15(21(27)29-3)10-16(12-17)22(28)30-4/h5-12,24H,1-4H3. The predicted octanol–water partition coefficient (Wildman–Crippen LogP) is 3.19. The summed E-state index contributed by atoms with van der Waals surface area (Å²) in [5.74, 6) is -1.22. The Morgan fingerprint density at radius 1 is 0.967 bits per heavy atom. The number of hydrogen-bond acceptors (Lipinski definition) is 6. The molecule has 8 heteroatoms. The van der Waals surface area contributed by atoms with Gasteiger partial charge in [-0.1, -0.05) is 18.2 Å². The first kappa shape index (κ1) is 20.8. The lowest BCUT2D eigenvalue weighted by Gasteiger charge is -2.06. The van der Waals surface area contributed by atoms with E-state index in [4.69, 9.17) is 9.47 Å². The number of nitrogens with one attached hydrogen (secondary N) is 1. The molecule has 0 spiro atoms. The highest BCUT2D eigenvalue weighted by atomic mass is 16.5. The van der Waals surface area contributed by atoms with E-state index in [2.05, 4.69) is 10.1 Å². The van der Waals surface area contributed by atoms with Crippen molar-refractivity contribution in [3.05, 3.63) is 81.3 Å². The van der Waals surface area contributed by atoms with Crippen molar-refractivity contribution in [2.75, 3.05) is 14.2 Å². The van der Waals surface area contributed by atoms with Crippen LogP contribution in [-0.2, 0) is 9.47 Å². The van der Waals surface area contributed by atoms with E-state index in [-0.39, 0.29) is 16.7 Å². The molecule has 0 saturated carbocycles.